The minimum absolute atomic E-state index is 0.222. The number of nitrogens with zero attached hydrogens (tertiary/aromatic N) is 1. The van der Waals surface area contributed by atoms with Crippen molar-refractivity contribution in [2.75, 3.05) is 17.2 Å². The molecule has 0 spiro atoms. The third-order valence-corrected chi connectivity index (χ3v) is 6.11. The Labute approximate surface area is 159 Å². The van der Waals surface area contributed by atoms with Gasteiger partial charge in [-0.15, -0.1) is 0 Å². The van der Waals surface area contributed by atoms with E-state index in [9.17, 15) is 0 Å². The summed E-state index contributed by atoms with van der Waals surface area (Å²) >= 11 is 0. The number of hydrogen-bond acceptors (Lipinski definition) is 2. The van der Waals surface area contributed by atoms with Crippen LogP contribution in [0.3, 0.4) is 0 Å². The summed E-state index contributed by atoms with van der Waals surface area (Å²) in [5, 5.41) is 0. The lowest BCUT2D eigenvalue weighted by molar-refractivity contribution is 0.332. The van der Waals surface area contributed by atoms with Crippen molar-refractivity contribution in [2.24, 2.45) is 0 Å². The second-order valence-corrected chi connectivity index (χ2v) is 9.06. The molecule has 0 unspecified atom stereocenters. The van der Waals surface area contributed by atoms with E-state index in [1.54, 1.807) is 0 Å². The maximum atomic E-state index is 6.32. The molecular formula is C24H34N2. The van der Waals surface area contributed by atoms with E-state index in [2.05, 4.69) is 69.9 Å². The Balaban J connectivity index is 2.10. The first kappa shape index (κ1) is 18.8. The second kappa shape index (κ2) is 6.98. The van der Waals surface area contributed by atoms with Crippen molar-refractivity contribution >= 4 is 17.1 Å². The van der Waals surface area contributed by atoms with Crippen molar-refractivity contribution in [3.8, 4) is 0 Å². The largest absolute Gasteiger partial charge is 0.397 e. The van der Waals surface area contributed by atoms with E-state index in [1.165, 1.54) is 36.1 Å². The fraction of sp³-hybridized carbons (Fsp3) is 0.500. The molecule has 0 saturated carbocycles. The van der Waals surface area contributed by atoms with E-state index in [1.807, 2.05) is 12.1 Å². The highest BCUT2D eigenvalue weighted by Gasteiger charge is 2.37. The molecular weight excluding hydrogens is 316 g/mol. The molecule has 2 N–H and O–H groups in total. The molecule has 140 valence electrons. The zero-order valence-electron chi connectivity index (χ0n) is 17.1. The fourth-order valence-electron chi connectivity index (χ4n) is 4.18. The number of nitrogen functional groups attached to an aromatic ring is 1. The second-order valence-electron chi connectivity index (χ2n) is 9.06. The molecule has 0 aliphatic heterocycles. The van der Waals surface area contributed by atoms with Crippen LogP contribution in [0.4, 0.5) is 17.1 Å². The average Bonchev–Trinajstić information content (AvgIpc) is 2.61. The van der Waals surface area contributed by atoms with Gasteiger partial charge < -0.3 is 10.6 Å². The van der Waals surface area contributed by atoms with Crippen molar-refractivity contribution in [1.29, 1.82) is 0 Å². The van der Waals surface area contributed by atoms with Crippen molar-refractivity contribution in [1.82, 2.24) is 0 Å². The number of nitrogens with two attached hydrogens (primary N) is 1. The van der Waals surface area contributed by atoms with E-state index in [4.69, 9.17) is 5.73 Å². The number of fused-ring (bicyclic) bond motifs is 1. The van der Waals surface area contributed by atoms with Crippen LogP contribution in [0.2, 0.25) is 0 Å². The predicted molar refractivity (Wildman–Crippen MR) is 114 cm³/mol. The molecule has 0 radical (unpaired) electrons. The first-order valence-corrected chi connectivity index (χ1v) is 10.0. The fourth-order valence-corrected chi connectivity index (χ4v) is 4.18. The van der Waals surface area contributed by atoms with Crippen molar-refractivity contribution in [3.05, 3.63) is 53.6 Å². The van der Waals surface area contributed by atoms with E-state index in [0.717, 1.165) is 24.3 Å². The average molecular weight is 351 g/mol. The summed E-state index contributed by atoms with van der Waals surface area (Å²) in [6.45, 7) is 12.8. The van der Waals surface area contributed by atoms with Crippen LogP contribution in [0, 0.1) is 0 Å². The van der Waals surface area contributed by atoms with Gasteiger partial charge in [0, 0.05) is 12.2 Å². The van der Waals surface area contributed by atoms with Crippen LogP contribution in [-0.4, -0.2) is 6.54 Å². The zero-order valence-corrected chi connectivity index (χ0v) is 17.1. The molecule has 0 saturated heterocycles. The first-order valence-electron chi connectivity index (χ1n) is 10.0. The summed E-state index contributed by atoms with van der Waals surface area (Å²) in [6.07, 6.45) is 4.81. The van der Waals surface area contributed by atoms with Gasteiger partial charge in [0.15, 0.2) is 0 Å². The lowest BCUT2D eigenvalue weighted by atomic mass is 9.63. The molecule has 0 aromatic heterocycles. The standard InChI is InChI=1S/C24H34N2/c1-6-7-16-26(22-11-9-8-10-21(22)25)18-12-13-19-20(17-18)24(4,5)15-14-23(19,2)3/h8-13,17H,6-7,14-16,25H2,1-5H3. The maximum absolute atomic E-state index is 6.32. The van der Waals surface area contributed by atoms with Crippen LogP contribution in [-0.2, 0) is 10.8 Å². The van der Waals surface area contributed by atoms with Crippen molar-refractivity contribution in [2.45, 2.75) is 71.1 Å². The Morgan fingerprint density at radius 1 is 0.923 bits per heavy atom. The Kier molecular flexibility index (Phi) is 5.05. The van der Waals surface area contributed by atoms with Gasteiger partial charge in [0.2, 0.25) is 0 Å². The molecule has 2 aromatic rings. The highest BCUT2D eigenvalue weighted by Crippen LogP contribution is 2.47. The van der Waals surface area contributed by atoms with Crippen LogP contribution in [0.5, 0.6) is 0 Å². The Morgan fingerprint density at radius 2 is 1.58 bits per heavy atom. The van der Waals surface area contributed by atoms with Gasteiger partial charge in [-0.3, -0.25) is 0 Å². The summed E-state index contributed by atoms with van der Waals surface area (Å²) < 4.78 is 0. The smallest absolute Gasteiger partial charge is 0.0644 e. The third-order valence-electron chi connectivity index (χ3n) is 6.11. The van der Waals surface area contributed by atoms with Gasteiger partial charge >= 0.3 is 0 Å². The van der Waals surface area contributed by atoms with Gasteiger partial charge in [-0.2, -0.15) is 0 Å². The zero-order chi connectivity index (χ0) is 18.9. The quantitative estimate of drug-likeness (QED) is 0.619. The molecule has 2 aromatic carbocycles. The minimum atomic E-state index is 0.222. The van der Waals surface area contributed by atoms with Crippen LogP contribution >= 0.6 is 0 Å². The Morgan fingerprint density at radius 3 is 2.23 bits per heavy atom. The maximum Gasteiger partial charge on any atom is 0.0644 e. The summed E-state index contributed by atoms with van der Waals surface area (Å²) in [5.41, 5.74) is 13.0. The predicted octanol–water partition coefficient (Wildman–Crippen LogP) is 6.56. The minimum Gasteiger partial charge on any atom is -0.397 e. The first-order chi connectivity index (χ1) is 12.3. The molecule has 2 nitrogen and oxygen atoms in total. The molecule has 0 bridgehead atoms. The summed E-state index contributed by atoms with van der Waals surface area (Å²) in [6, 6.07) is 15.3. The number of para-hydroxylation sites is 2. The van der Waals surface area contributed by atoms with Gasteiger partial charge in [0.05, 0.1) is 11.4 Å². The third kappa shape index (κ3) is 3.47. The lowest BCUT2D eigenvalue weighted by Gasteiger charge is -2.42. The molecule has 0 fully saturated rings. The van der Waals surface area contributed by atoms with E-state index >= 15 is 0 Å². The van der Waals surface area contributed by atoms with E-state index < -0.39 is 0 Å². The highest BCUT2D eigenvalue weighted by atomic mass is 15.1. The number of anilines is 3. The van der Waals surface area contributed by atoms with Gasteiger partial charge in [-0.1, -0.05) is 59.2 Å². The van der Waals surface area contributed by atoms with Crippen LogP contribution in [0.15, 0.2) is 42.5 Å². The van der Waals surface area contributed by atoms with Crippen LogP contribution < -0.4 is 10.6 Å². The number of rotatable bonds is 5. The topological polar surface area (TPSA) is 29.3 Å². The SMILES string of the molecule is CCCCN(c1ccc2c(c1)C(C)(C)CCC2(C)C)c1ccccc1N. The van der Waals surface area contributed by atoms with E-state index in [-0.39, 0.29) is 10.8 Å². The molecule has 26 heavy (non-hydrogen) atoms. The molecule has 2 heteroatoms. The summed E-state index contributed by atoms with van der Waals surface area (Å²) in [5.74, 6) is 0. The molecule has 1 aliphatic carbocycles. The molecule has 0 heterocycles. The Bertz CT molecular complexity index is 774. The van der Waals surface area contributed by atoms with Crippen molar-refractivity contribution in [3.63, 3.8) is 0 Å². The van der Waals surface area contributed by atoms with Gasteiger partial charge in [0.25, 0.3) is 0 Å². The van der Waals surface area contributed by atoms with Crippen LogP contribution in [0.1, 0.15) is 71.4 Å². The van der Waals surface area contributed by atoms with E-state index in [0.29, 0.717) is 0 Å². The molecule has 3 rings (SSSR count). The van der Waals surface area contributed by atoms with Gasteiger partial charge in [0.1, 0.15) is 0 Å². The normalized spacial score (nSPS) is 17.6. The summed E-state index contributed by atoms with van der Waals surface area (Å²) in [7, 11) is 0. The number of benzene rings is 2. The number of unbranched alkanes of at least 4 members (excludes halogenated alkanes) is 1. The number of hydrogen-bond donors (Lipinski definition) is 1. The van der Waals surface area contributed by atoms with Crippen molar-refractivity contribution < 1.29 is 0 Å². The summed E-state index contributed by atoms with van der Waals surface area (Å²) in [4.78, 5) is 2.40. The molecule has 0 amide bonds. The molecule has 0 atom stereocenters. The van der Waals surface area contributed by atoms with Gasteiger partial charge in [-0.25, -0.2) is 0 Å². The lowest BCUT2D eigenvalue weighted by Crippen LogP contribution is -2.34. The van der Waals surface area contributed by atoms with Gasteiger partial charge in [-0.05, 0) is 65.5 Å². The highest BCUT2D eigenvalue weighted by molar-refractivity contribution is 5.75. The van der Waals surface area contributed by atoms with Crippen LogP contribution in [0.25, 0.3) is 0 Å². The monoisotopic (exact) mass is 350 g/mol. The Hall–Kier alpha value is -1.96. The molecule has 1 aliphatic rings.